The molecule has 1 aromatic carbocycles. The van der Waals surface area contributed by atoms with Gasteiger partial charge >= 0.3 is 0 Å². The van der Waals surface area contributed by atoms with Gasteiger partial charge in [-0.3, -0.25) is 19.3 Å². The molecule has 2 aliphatic rings. The summed E-state index contributed by atoms with van der Waals surface area (Å²) in [4.78, 5) is 38.7. The highest BCUT2D eigenvalue weighted by Gasteiger charge is 2.35. The third-order valence-corrected chi connectivity index (χ3v) is 4.50. The van der Waals surface area contributed by atoms with Crippen molar-refractivity contribution in [1.29, 1.82) is 0 Å². The van der Waals surface area contributed by atoms with Crippen LogP contribution in [0.2, 0.25) is 0 Å². The number of likely N-dealkylation sites (tertiary alicyclic amines) is 1. The van der Waals surface area contributed by atoms with E-state index in [-0.39, 0.29) is 33.6 Å². The Labute approximate surface area is 143 Å². The first kappa shape index (κ1) is 16.3. The molecule has 0 bridgehead atoms. The summed E-state index contributed by atoms with van der Waals surface area (Å²) >= 11 is 5.87. The third kappa shape index (κ3) is 2.60. The maximum Gasteiger partial charge on any atom is 0.278 e. The summed E-state index contributed by atoms with van der Waals surface area (Å²) in [7, 11) is 1.31. The number of para-hydroxylation sites is 1. The molecule has 0 unspecified atom stereocenters. The van der Waals surface area contributed by atoms with Gasteiger partial charge in [-0.05, 0) is 25.0 Å². The van der Waals surface area contributed by atoms with E-state index in [0.717, 1.165) is 17.7 Å². The SMILES string of the molecule is CN1C(=O)C(Cl)=C(Nc2cccc(C(=O)N3CCCC3)c2O)C1=O. The number of amides is 3. The van der Waals surface area contributed by atoms with Crippen LogP contribution in [0, 0.1) is 0 Å². The molecule has 0 aliphatic carbocycles. The van der Waals surface area contributed by atoms with E-state index in [4.69, 9.17) is 11.6 Å². The molecule has 2 N–H and O–H groups in total. The largest absolute Gasteiger partial charge is 0.505 e. The van der Waals surface area contributed by atoms with Crippen molar-refractivity contribution in [1.82, 2.24) is 9.80 Å². The van der Waals surface area contributed by atoms with Crippen LogP contribution in [0.1, 0.15) is 23.2 Å². The minimum Gasteiger partial charge on any atom is -0.505 e. The molecule has 3 rings (SSSR count). The Hall–Kier alpha value is -2.54. The van der Waals surface area contributed by atoms with Crippen molar-refractivity contribution in [2.75, 3.05) is 25.5 Å². The van der Waals surface area contributed by atoms with Gasteiger partial charge in [-0.15, -0.1) is 0 Å². The Morgan fingerprint density at radius 2 is 1.88 bits per heavy atom. The number of carbonyl (C=O) groups is 3. The summed E-state index contributed by atoms with van der Waals surface area (Å²) in [5.41, 5.74) is 0.165. The molecule has 0 aromatic heterocycles. The molecule has 2 aliphatic heterocycles. The smallest absolute Gasteiger partial charge is 0.278 e. The van der Waals surface area contributed by atoms with Crippen molar-refractivity contribution in [3.05, 3.63) is 34.5 Å². The number of anilines is 1. The number of aromatic hydroxyl groups is 1. The van der Waals surface area contributed by atoms with Gasteiger partial charge in [-0.2, -0.15) is 0 Å². The first-order chi connectivity index (χ1) is 11.4. The van der Waals surface area contributed by atoms with Crippen molar-refractivity contribution >= 4 is 35.0 Å². The lowest BCUT2D eigenvalue weighted by molar-refractivity contribution is -0.135. The Bertz CT molecular complexity index is 769. The Morgan fingerprint density at radius 1 is 1.21 bits per heavy atom. The fourth-order valence-electron chi connectivity index (χ4n) is 2.76. The second-order valence-electron chi connectivity index (χ2n) is 5.68. The van der Waals surface area contributed by atoms with E-state index in [1.54, 1.807) is 11.0 Å². The first-order valence-electron chi connectivity index (χ1n) is 7.52. The Morgan fingerprint density at radius 3 is 2.46 bits per heavy atom. The molecule has 7 nitrogen and oxygen atoms in total. The van der Waals surface area contributed by atoms with Crippen LogP contribution in [-0.4, -0.2) is 52.8 Å². The zero-order valence-corrected chi connectivity index (χ0v) is 13.8. The van der Waals surface area contributed by atoms with Gasteiger partial charge in [0.05, 0.1) is 11.3 Å². The molecule has 0 spiro atoms. The zero-order chi connectivity index (χ0) is 17.4. The lowest BCUT2D eigenvalue weighted by Gasteiger charge is -2.17. The zero-order valence-electron chi connectivity index (χ0n) is 13.0. The van der Waals surface area contributed by atoms with E-state index in [1.807, 2.05) is 0 Å². The number of halogens is 1. The number of phenols is 1. The molecular formula is C16H16ClN3O4. The first-order valence-corrected chi connectivity index (χ1v) is 7.90. The van der Waals surface area contributed by atoms with Crippen molar-refractivity contribution in [2.24, 2.45) is 0 Å². The predicted molar refractivity (Wildman–Crippen MR) is 87.5 cm³/mol. The molecule has 3 amide bonds. The van der Waals surface area contributed by atoms with Crippen LogP contribution < -0.4 is 5.32 Å². The highest BCUT2D eigenvalue weighted by molar-refractivity contribution is 6.48. The van der Waals surface area contributed by atoms with Crippen LogP contribution in [0.4, 0.5) is 5.69 Å². The monoisotopic (exact) mass is 349 g/mol. The average molecular weight is 350 g/mol. The second-order valence-corrected chi connectivity index (χ2v) is 6.06. The third-order valence-electron chi connectivity index (χ3n) is 4.15. The van der Waals surface area contributed by atoms with Crippen molar-refractivity contribution < 1.29 is 19.5 Å². The van der Waals surface area contributed by atoms with Gasteiger partial charge in [0, 0.05) is 20.1 Å². The summed E-state index contributed by atoms with van der Waals surface area (Å²) in [6.45, 7) is 1.31. The van der Waals surface area contributed by atoms with Gasteiger partial charge in [-0.1, -0.05) is 17.7 Å². The van der Waals surface area contributed by atoms with E-state index >= 15 is 0 Å². The van der Waals surface area contributed by atoms with E-state index < -0.39 is 11.8 Å². The molecule has 0 atom stereocenters. The summed E-state index contributed by atoms with van der Waals surface area (Å²) in [6, 6.07) is 4.61. The quantitative estimate of drug-likeness (QED) is 0.637. The normalized spacial score (nSPS) is 17.9. The molecule has 24 heavy (non-hydrogen) atoms. The summed E-state index contributed by atoms with van der Waals surface area (Å²) in [6.07, 6.45) is 1.88. The summed E-state index contributed by atoms with van der Waals surface area (Å²) in [5, 5.41) is 12.8. The van der Waals surface area contributed by atoms with Crippen LogP contribution in [0.3, 0.4) is 0 Å². The maximum atomic E-state index is 12.5. The standard InChI is InChI=1S/C16H16ClN3O4/c1-19-15(23)11(17)12(16(19)24)18-10-6-4-5-9(13(10)21)14(22)20-7-2-3-8-20/h4-6,18,21H,2-3,7-8H2,1H3. The minimum absolute atomic E-state index is 0.120. The lowest BCUT2D eigenvalue weighted by Crippen LogP contribution is -2.28. The van der Waals surface area contributed by atoms with E-state index in [2.05, 4.69) is 5.32 Å². The molecule has 1 saturated heterocycles. The van der Waals surface area contributed by atoms with E-state index in [9.17, 15) is 19.5 Å². The number of nitrogens with one attached hydrogen (secondary N) is 1. The molecule has 1 fully saturated rings. The number of benzene rings is 1. The van der Waals surface area contributed by atoms with Crippen LogP contribution in [-0.2, 0) is 9.59 Å². The Balaban J connectivity index is 1.90. The molecule has 0 radical (unpaired) electrons. The number of rotatable bonds is 3. The summed E-state index contributed by atoms with van der Waals surface area (Å²) in [5.74, 6) is -1.76. The topological polar surface area (TPSA) is 90.0 Å². The van der Waals surface area contributed by atoms with E-state index in [0.29, 0.717) is 13.1 Å². The number of carbonyl (C=O) groups excluding carboxylic acids is 3. The van der Waals surface area contributed by atoms with Crippen molar-refractivity contribution in [2.45, 2.75) is 12.8 Å². The number of imide groups is 1. The number of hydrogen-bond donors (Lipinski definition) is 2. The molecule has 126 valence electrons. The molecule has 2 heterocycles. The number of hydrogen-bond acceptors (Lipinski definition) is 5. The van der Waals surface area contributed by atoms with Crippen LogP contribution in [0.25, 0.3) is 0 Å². The fraction of sp³-hybridized carbons (Fsp3) is 0.312. The fourth-order valence-corrected chi connectivity index (χ4v) is 3.01. The van der Waals surface area contributed by atoms with Crippen LogP contribution in [0.5, 0.6) is 5.75 Å². The number of likely N-dealkylation sites (N-methyl/N-ethyl adjacent to an activating group) is 1. The van der Waals surface area contributed by atoms with Gasteiger partial charge in [0.25, 0.3) is 17.7 Å². The van der Waals surface area contributed by atoms with Gasteiger partial charge < -0.3 is 15.3 Å². The van der Waals surface area contributed by atoms with Crippen LogP contribution >= 0.6 is 11.6 Å². The second kappa shape index (κ2) is 6.16. The molecular weight excluding hydrogens is 334 g/mol. The van der Waals surface area contributed by atoms with Gasteiger partial charge in [0.1, 0.15) is 10.7 Å². The maximum absolute atomic E-state index is 12.5. The van der Waals surface area contributed by atoms with Crippen LogP contribution in [0.15, 0.2) is 28.9 Å². The summed E-state index contributed by atoms with van der Waals surface area (Å²) < 4.78 is 0. The van der Waals surface area contributed by atoms with Gasteiger partial charge in [0.2, 0.25) is 0 Å². The predicted octanol–water partition coefficient (Wildman–Crippen LogP) is 1.49. The average Bonchev–Trinajstić information content (AvgIpc) is 3.17. The van der Waals surface area contributed by atoms with Gasteiger partial charge in [0.15, 0.2) is 5.75 Å². The molecule has 0 saturated carbocycles. The Kier molecular flexibility index (Phi) is 4.19. The number of nitrogens with zero attached hydrogens (tertiary/aromatic N) is 2. The molecule has 8 heteroatoms. The highest BCUT2D eigenvalue weighted by Crippen LogP contribution is 2.32. The van der Waals surface area contributed by atoms with Gasteiger partial charge in [-0.25, -0.2) is 0 Å². The molecule has 1 aromatic rings. The minimum atomic E-state index is -0.618. The highest BCUT2D eigenvalue weighted by atomic mass is 35.5. The van der Waals surface area contributed by atoms with Crippen molar-refractivity contribution in [3.8, 4) is 5.75 Å². The van der Waals surface area contributed by atoms with E-state index in [1.165, 1.54) is 19.2 Å². The lowest BCUT2D eigenvalue weighted by atomic mass is 10.1. The van der Waals surface area contributed by atoms with Crippen molar-refractivity contribution in [3.63, 3.8) is 0 Å². The number of phenolic OH excluding ortho intramolecular Hbond substituents is 1.